The van der Waals surface area contributed by atoms with Crippen molar-refractivity contribution in [3.8, 4) is 0 Å². The standard InChI is InChI=1S/C14H15ClN2O3S/c1-14(18,11-5-3-2-4-6-11)10-17-21(19,20)12-7-8-13(15)16-9-12/h2-9,17-18H,10H2,1H3. The highest BCUT2D eigenvalue weighted by molar-refractivity contribution is 7.89. The van der Waals surface area contributed by atoms with Crippen molar-refractivity contribution >= 4 is 21.6 Å². The molecule has 1 aromatic carbocycles. The van der Waals surface area contributed by atoms with Crippen molar-refractivity contribution in [2.45, 2.75) is 17.4 Å². The van der Waals surface area contributed by atoms with Gasteiger partial charge in [-0.3, -0.25) is 0 Å². The summed E-state index contributed by atoms with van der Waals surface area (Å²) in [6, 6.07) is 11.6. The largest absolute Gasteiger partial charge is 0.384 e. The molecule has 1 atom stereocenters. The maximum Gasteiger partial charge on any atom is 0.242 e. The van der Waals surface area contributed by atoms with Crippen molar-refractivity contribution < 1.29 is 13.5 Å². The Morgan fingerprint density at radius 3 is 2.48 bits per heavy atom. The van der Waals surface area contributed by atoms with E-state index in [2.05, 4.69) is 9.71 Å². The summed E-state index contributed by atoms with van der Waals surface area (Å²) in [5, 5.41) is 10.6. The van der Waals surface area contributed by atoms with Crippen LogP contribution in [0.15, 0.2) is 53.6 Å². The Morgan fingerprint density at radius 2 is 1.90 bits per heavy atom. The van der Waals surface area contributed by atoms with Gasteiger partial charge in [-0.25, -0.2) is 18.1 Å². The summed E-state index contributed by atoms with van der Waals surface area (Å²) in [5.74, 6) is 0. The van der Waals surface area contributed by atoms with Crippen LogP contribution in [0.25, 0.3) is 0 Å². The number of pyridine rings is 1. The smallest absolute Gasteiger partial charge is 0.242 e. The number of halogens is 1. The highest BCUT2D eigenvalue weighted by Gasteiger charge is 2.26. The first-order valence-corrected chi connectivity index (χ1v) is 8.06. The van der Waals surface area contributed by atoms with Crippen molar-refractivity contribution in [2.75, 3.05) is 6.54 Å². The predicted molar refractivity (Wildman–Crippen MR) is 80.4 cm³/mol. The lowest BCUT2D eigenvalue weighted by atomic mass is 9.97. The number of aliphatic hydroxyl groups is 1. The molecule has 2 aromatic rings. The third kappa shape index (κ3) is 4.01. The van der Waals surface area contributed by atoms with Gasteiger partial charge in [0.05, 0.1) is 0 Å². The van der Waals surface area contributed by atoms with E-state index < -0.39 is 15.6 Å². The highest BCUT2D eigenvalue weighted by atomic mass is 35.5. The molecule has 2 N–H and O–H groups in total. The lowest BCUT2D eigenvalue weighted by molar-refractivity contribution is 0.0627. The summed E-state index contributed by atoms with van der Waals surface area (Å²) in [6.45, 7) is 1.40. The van der Waals surface area contributed by atoms with Gasteiger partial charge < -0.3 is 5.11 Å². The van der Waals surface area contributed by atoms with Gasteiger partial charge in [0, 0.05) is 12.7 Å². The minimum atomic E-state index is -3.75. The molecule has 1 heterocycles. The Labute approximate surface area is 128 Å². The van der Waals surface area contributed by atoms with Crippen molar-refractivity contribution in [1.82, 2.24) is 9.71 Å². The molecule has 1 unspecified atom stereocenters. The molecular weight excluding hydrogens is 312 g/mol. The van der Waals surface area contributed by atoms with E-state index in [9.17, 15) is 13.5 Å². The zero-order chi connectivity index (χ0) is 15.5. The van der Waals surface area contributed by atoms with Crippen LogP contribution in [-0.2, 0) is 15.6 Å². The van der Waals surface area contributed by atoms with Crippen LogP contribution in [0.5, 0.6) is 0 Å². The number of nitrogens with one attached hydrogen (secondary N) is 1. The lowest BCUT2D eigenvalue weighted by Crippen LogP contribution is -2.38. The van der Waals surface area contributed by atoms with Crippen LogP contribution in [-0.4, -0.2) is 25.1 Å². The summed E-state index contributed by atoms with van der Waals surface area (Å²) < 4.78 is 26.6. The van der Waals surface area contributed by atoms with Gasteiger partial charge in [-0.2, -0.15) is 0 Å². The van der Waals surface area contributed by atoms with E-state index in [-0.39, 0.29) is 16.6 Å². The van der Waals surface area contributed by atoms with Gasteiger partial charge in [0.1, 0.15) is 15.6 Å². The summed E-state index contributed by atoms with van der Waals surface area (Å²) >= 11 is 5.63. The molecule has 2 rings (SSSR count). The fourth-order valence-electron chi connectivity index (χ4n) is 1.74. The lowest BCUT2D eigenvalue weighted by Gasteiger charge is -2.24. The minimum Gasteiger partial charge on any atom is -0.384 e. The quantitative estimate of drug-likeness (QED) is 0.823. The van der Waals surface area contributed by atoms with Gasteiger partial charge in [-0.1, -0.05) is 41.9 Å². The summed E-state index contributed by atoms with van der Waals surface area (Å²) in [5.41, 5.74) is -0.685. The van der Waals surface area contributed by atoms with Crippen LogP contribution >= 0.6 is 11.6 Å². The number of sulfonamides is 1. The van der Waals surface area contributed by atoms with Crippen LogP contribution in [0, 0.1) is 0 Å². The van der Waals surface area contributed by atoms with E-state index in [0.29, 0.717) is 5.56 Å². The molecule has 0 bridgehead atoms. The fraction of sp³-hybridized carbons (Fsp3) is 0.214. The average molecular weight is 327 g/mol. The molecule has 0 spiro atoms. The summed E-state index contributed by atoms with van der Waals surface area (Å²) in [7, 11) is -3.75. The number of rotatable bonds is 5. The van der Waals surface area contributed by atoms with Crippen LogP contribution in [0.4, 0.5) is 0 Å². The Hall–Kier alpha value is -1.47. The Bertz CT molecular complexity index is 701. The van der Waals surface area contributed by atoms with Crippen molar-refractivity contribution in [2.24, 2.45) is 0 Å². The second-order valence-electron chi connectivity index (χ2n) is 4.78. The second-order valence-corrected chi connectivity index (χ2v) is 6.94. The molecular formula is C14H15ClN2O3S. The molecule has 0 fully saturated rings. The number of aromatic nitrogens is 1. The topological polar surface area (TPSA) is 79.3 Å². The highest BCUT2D eigenvalue weighted by Crippen LogP contribution is 2.20. The number of benzene rings is 1. The molecule has 0 aliphatic rings. The average Bonchev–Trinajstić information content (AvgIpc) is 2.47. The van der Waals surface area contributed by atoms with Crippen LogP contribution in [0.2, 0.25) is 5.15 Å². The van der Waals surface area contributed by atoms with Crippen LogP contribution < -0.4 is 4.72 Å². The predicted octanol–water partition coefficient (Wildman–Crippen LogP) is 1.92. The molecule has 0 saturated heterocycles. The molecule has 0 amide bonds. The van der Waals surface area contributed by atoms with Crippen molar-refractivity contribution in [1.29, 1.82) is 0 Å². The molecule has 0 aliphatic heterocycles. The molecule has 1 aromatic heterocycles. The summed E-state index contributed by atoms with van der Waals surface area (Å²) in [4.78, 5) is 3.73. The molecule has 5 nitrogen and oxygen atoms in total. The van der Waals surface area contributed by atoms with E-state index in [1.807, 2.05) is 6.07 Å². The normalized spacial score (nSPS) is 14.6. The molecule has 112 valence electrons. The van der Waals surface area contributed by atoms with Gasteiger partial charge in [-0.15, -0.1) is 0 Å². The molecule has 0 radical (unpaired) electrons. The number of hydrogen-bond donors (Lipinski definition) is 2. The maximum atomic E-state index is 12.1. The van der Waals surface area contributed by atoms with Crippen molar-refractivity contribution in [3.05, 3.63) is 59.4 Å². The maximum absolute atomic E-state index is 12.1. The molecule has 0 saturated carbocycles. The van der Waals surface area contributed by atoms with E-state index in [0.717, 1.165) is 0 Å². The van der Waals surface area contributed by atoms with Crippen molar-refractivity contribution in [3.63, 3.8) is 0 Å². The molecule has 21 heavy (non-hydrogen) atoms. The molecule has 7 heteroatoms. The summed E-state index contributed by atoms with van der Waals surface area (Å²) in [6.07, 6.45) is 1.17. The van der Waals surface area contributed by atoms with E-state index in [4.69, 9.17) is 11.6 Å². The first-order chi connectivity index (χ1) is 9.81. The van der Waals surface area contributed by atoms with Gasteiger partial charge in [0.25, 0.3) is 0 Å². The third-order valence-electron chi connectivity index (χ3n) is 3.01. The van der Waals surface area contributed by atoms with E-state index >= 15 is 0 Å². The van der Waals surface area contributed by atoms with E-state index in [1.165, 1.54) is 18.3 Å². The number of hydrogen-bond acceptors (Lipinski definition) is 4. The monoisotopic (exact) mass is 326 g/mol. The fourth-order valence-corrected chi connectivity index (χ4v) is 2.93. The van der Waals surface area contributed by atoms with Crippen LogP contribution in [0.3, 0.4) is 0 Å². The Kier molecular flexibility index (Phi) is 4.63. The third-order valence-corrected chi connectivity index (χ3v) is 4.62. The van der Waals surface area contributed by atoms with Gasteiger partial charge in [-0.05, 0) is 24.6 Å². The second kappa shape index (κ2) is 6.11. The molecule has 0 aliphatic carbocycles. The number of nitrogens with zero attached hydrogens (tertiary/aromatic N) is 1. The SMILES string of the molecule is CC(O)(CNS(=O)(=O)c1ccc(Cl)nc1)c1ccccc1. The zero-order valence-electron chi connectivity index (χ0n) is 11.3. The van der Waals surface area contributed by atoms with Gasteiger partial charge >= 0.3 is 0 Å². The minimum absolute atomic E-state index is 0.00392. The first-order valence-electron chi connectivity index (χ1n) is 6.20. The Morgan fingerprint density at radius 1 is 1.24 bits per heavy atom. The zero-order valence-corrected chi connectivity index (χ0v) is 12.9. The Balaban J connectivity index is 2.13. The van der Waals surface area contributed by atoms with E-state index in [1.54, 1.807) is 31.2 Å². The van der Waals surface area contributed by atoms with Crippen LogP contribution in [0.1, 0.15) is 12.5 Å². The first kappa shape index (κ1) is 15.9. The van der Waals surface area contributed by atoms with Gasteiger partial charge in [0.15, 0.2) is 0 Å². The van der Waals surface area contributed by atoms with Gasteiger partial charge in [0.2, 0.25) is 10.0 Å².